The molecule has 6 nitrogen and oxygen atoms in total. The van der Waals surface area contributed by atoms with Crippen LogP contribution in [0, 0.1) is 6.92 Å². The maximum atomic E-state index is 12.8. The molecule has 3 rings (SSSR count). The third-order valence-electron chi connectivity index (χ3n) is 4.19. The van der Waals surface area contributed by atoms with Gasteiger partial charge in [-0.25, -0.2) is 13.4 Å². The minimum atomic E-state index is -3.49. The second-order valence-electron chi connectivity index (χ2n) is 5.83. The van der Waals surface area contributed by atoms with Gasteiger partial charge in [-0.05, 0) is 44.0 Å². The molecule has 0 aliphatic carbocycles. The van der Waals surface area contributed by atoms with E-state index in [1.54, 1.807) is 41.9 Å². The van der Waals surface area contributed by atoms with Crippen molar-refractivity contribution in [1.29, 1.82) is 0 Å². The zero-order valence-electron chi connectivity index (χ0n) is 13.3. The van der Waals surface area contributed by atoms with Gasteiger partial charge in [-0.3, -0.25) is 0 Å². The van der Waals surface area contributed by atoms with Crippen molar-refractivity contribution in [2.24, 2.45) is 0 Å². The lowest BCUT2D eigenvalue weighted by Gasteiger charge is -2.31. The van der Waals surface area contributed by atoms with E-state index >= 15 is 0 Å². The highest BCUT2D eigenvalue weighted by atomic mass is 32.2. The predicted octanol–water partition coefficient (Wildman–Crippen LogP) is 2.30. The number of piperidine rings is 1. The Hall–Kier alpha value is -1.86. The summed E-state index contributed by atoms with van der Waals surface area (Å²) in [6.07, 6.45) is 3.56. The van der Waals surface area contributed by atoms with Crippen molar-refractivity contribution < 1.29 is 13.2 Å². The van der Waals surface area contributed by atoms with Crippen LogP contribution in [0.3, 0.4) is 0 Å². The smallest absolute Gasteiger partial charge is 0.243 e. The van der Waals surface area contributed by atoms with Crippen LogP contribution in [0.15, 0.2) is 35.4 Å². The summed E-state index contributed by atoms with van der Waals surface area (Å²) in [4.78, 5) is 7.88. The molecule has 0 unspecified atom stereocenters. The number of aryl methyl sites for hydroxylation is 1. The number of nitrogens with one attached hydrogen (secondary N) is 1. The number of H-pyrrole nitrogens is 1. The molecule has 0 bridgehead atoms. The molecule has 1 atom stereocenters. The lowest BCUT2D eigenvalue weighted by atomic mass is 9.99. The van der Waals surface area contributed by atoms with Gasteiger partial charge in [0.05, 0.1) is 12.0 Å². The lowest BCUT2D eigenvalue weighted by Crippen LogP contribution is -2.39. The number of methoxy groups -OCH3 is 1. The van der Waals surface area contributed by atoms with Gasteiger partial charge >= 0.3 is 0 Å². The average molecular weight is 335 g/mol. The van der Waals surface area contributed by atoms with Gasteiger partial charge in [0.2, 0.25) is 10.0 Å². The van der Waals surface area contributed by atoms with E-state index in [1.807, 2.05) is 6.92 Å². The second-order valence-corrected chi connectivity index (χ2v) is 7.77. The van der Waals surface area contributed by atoms with Crippen molar-refractivity contribution >= 4 is 10.0 Å². The number of nitrogens with zero attached hydrogens (tertiary/aromatic N) is 2. The first-order valence-corrected chi connectivity index (χ1v) is 9.10. The molecule has 0 saturated carbocycles. The number of imidazole rings is 1. The summed E-state index contributed by atoms with van der Waals surface area (Å²) in [5.74, 6) is 1.63. The molecule has 1 aliphatic rings. The maximum Gasteiger partial charge on any atom is 0.243 e. The van der Waals surface area contributed by atoms with Crippen molar-refractivity contribution in [3.05, 3.63) is 42.0 Å². The summed E-state index contributed by atoms with van der Waals surface area (Å²) in [6, 6.07) is 6.53. The number of benzene rings is 1. The molecule has 1 aromatic heterocycles. The monoisotopic (exact) mass is 335 g/mol. The Morgan fingerprint density at radius 3 is 2.65 bits per heavy atom. The van der Waals surface area contributed by atoms with Crippen LogP contribution in [0.25, 0.3) is 0 Å². The normalized spacial score (nSPS) is 19.7. The molecule has 1 fully saturated rings. The molecule has 1 aromatic carbocycles. The minimum Gasteiger partial charge on any atom is -0.497 e. The van der Waals surface area contributed by atoms with Gasteiger partial charge < -0.3 is 9.72 Å². The molecule has 2 heterocycles. The van der Waals surface area contributed by atoms with Crippen LogP contribution in [0.5, 0.6) is 5.75 Å². The van der Waals surface area contributed by atoms with Crippen LogP contribution in [0.2, 0.25) is 0 Å². The summed E-state index contributed by atoms with van der Waals surface area (Å²) >= 11 is 0. The number of hydrogen-bond acceptors (Lipinski definition) is 4. The number of sulfonamides is 1. The van der Waals surface area contributed by atoms with Crippen LogP contribution in [0.4, 0.5) is 0 Å². The molecule has 0 spiro atoms. The van der Waals surface area contributed by atoms with Gasteiger partial charge in [-0.15, -0.1) is 0 Å². The van der Waals surface area contributed by atoms with Crippen LogP contribution in [-0.2, 0) is 10.0 Å². The number of aromatic nitrogens is 2. The Bertz CT molecular complexity index is 768. The fourth-order valence-electron chi connectivity index (χ4n) is 2.92. The maximum absolute atomic E-state index is 12.8. The highest BCUT2D eigenvalue weighted by molar-refractivity contribution is 7.89. The van der Waals surface area contributed by atoms with Crippen LogP contribution >= 0.6 is 0 Å². The van der Waals surface area contributed by atoms with Crippen molar-refractivity contribution in [2.45, 2.75) is 30.6 Å². The summed E-state index contributed by atoms with van der Waals surface area (Å²) in [6.45, 7) is 2.96. The van der Waals surface area contributed by atoms with Gasteiger partial charge in [-0.2, -0.15) is 4.31 Å². The van der Waals surface area contributed by atoms with Crippen molar-refractivity contribution in [1.82, 2.24) is 14.3 Å². The van der Waals surface area contributed by atoms with E-state index in [9.17, 15) is 8.42 Å². The fraction of sp³-hybridized carbons (Fsp3) is 0.438. The summed E-state index contributed by atoms with van der Waals surface area (Å²) < 4.78 is 32.3. The van der Waals surface area contributed by atoms with Crippen molar-refractivity contribution in [3.63, 3.8) is 0 Å². The van der Waals surface area contributed by atoms with Gasteiger partial charge in [0, 0.05) is 30.9 Å². The van der Waals surface area contributed by atoms with Gasteiger partial charge in [0.1, 0.15) is 11.6 Å². The summed E-state index contributed by atoms with van der Waals surface area (Å²) in [5.41, 5.74) is 0.995. The molecule has 1 aliphatic heterocycles. The van der Waals surface area contributed by atoms with Crippen LogP contribution in [-0.4, -0.2) is 42.9 Å². The van der Waals surface area contributed by atoms with E-state index in [0.717, 1.165) is 24.4 Å². The second kappa shape index (κ2) is 6.33. The zero-order valence-corrected chi connectivity index (χ0v) is 14.1. The topological polar surface area (TPSA) is 75.3 Å². The fourth-order valence-corrected chi connectivity index (χ4v) is 4.44. The lowest BCUT2D eigenvalue weighted by molar-refractivity contribution is 0.310. The Morgan fingerprint density at radius 1 is 1.30 bits per heavy atom. The first-order valence-electron chi connectivity index (χ1n) is 7.66. The van der Waals surface area contributed by atoms with E-state index in [2.05, 4.69) is 9.97 Å². The summed E-state index contributed by atoms with van der Waals surface area (Å²) in [7, 11) is -1.93. The SMILES string of the molecule is COc1ccc(S(=O)(=O)N2CCC[C@@H](c3ncc(C)[nH]3)C2)cc1. The molecule has 23 heavy (non-hydrogen) atoms. The third kappa shape index (κ3) is 3.25. The number of rotatable bonds is 4. The molecule has 2 aromatic rings. The van der Waals surface area contributed by atoms with Crippen molar-refractivity contribution in [2.75, 3.05) is 20.2 Å². The molecule has 0 radical (unpaired) electrons. The molecule has 0 amide bonds. The number of ether oxygens (including phenoxy) is 1. The van der Waals surface area contributed by atoms with Gasteiger partial charge in [0.25, 0.3) is 0 Å². The van der Waals surface area contributed by atoms with E-state index < -0.39 is 10.0 Å². The largest absolute Gasteiger partial charge is 0.497 e. The van der Waals surface area contributed by atoms with Gasteiger partial charge in [-0.1, -0.05) is 0 Å². The standard InChI is InChI=1S/C16H21N3O3S/c1-12-10-17-16(18-12)13-4-3-9-19(11-13)23(20,21)15-7-5-14(22-2)6-8-15/h5-8,10,13H,3-4,9,11H2,1-2H3,(H,17,18)/t13-/m1/s1. The molecule has 124 valence electrons. The number of aromatic amines is 1. The van der Waals surface area contributed by atoms with Gasteiger partial charge in [0.15, 0.2) is 0 Å². The Kier molecular flexibility index (Phi) is 4.41. The quantitative estimate of drug-likeness (QED) is 0.930. The Labute approximate surface area is 136 Å². The Morgan fingerprint density at radius 2 is 2.04 bits per heavy atom. The van der Waals surface area contributed by atoms with E-state index in [1.165, 1.54) is 0 Å². The molecular formula is C16H21N3O3S. The number of hydrogen-bond donors (Lipinski definition) is 1. The average Bonchev–Trinajstić information content (AvgIpc) is 3.01. The van der Waals surface area contributed by atoms with Crippen LogP contribution in [0.1, 0.15) is 30.3 Å². The predicted molar refractivity (Wildman–Crippen MR) is 87.1 cm³/mol. The molecule has 1 N–H and O–H groups in total. The van der Waals surface area contributed by atoms with Crippen LogP contribution < -0.4 is 4.74 Å². The molecule has 7 heteroatoms. The van der Waals surface area contributed by atoms with E-state index in [0.29, 0.717) is 23.7 Å². The van der Waals surface area contributed by atoms with E-state index in [-0.39, 0.29) is 5.92 Å². The Balaban J connectivity index is 1.81. The highest BCUT2D eigenvalue weighted by Gasteiger charge is 2.31. The van der Waals surface area contributed by atoms with E-state index in [4.69, 9.17) is 4.74 Å². The van der Waals surface area contributed by atoms with Crippen molar-refractivity contribution in [3.8, 4) is 5.75 Å². The molecule has 1 saturated heterocycles. The first-order chi connectivity index (χ1) is 11.0. The first kappa shape index (κ1) is 16.0. The zero-order chi connectivity index (χ0) is 16.4. The summed E-state index contributed by atoms with van der Waals surface area (Å²) in [5, 5.41) is 0. The molecular weight excluding hydrogens is 314 g/mol. The third-order valence-corrected chi connectivity index (χ3v) is 6.07. The highest BCUT2D eigenvalue weighted by Crippen LogP contribution is 2.29. The minimum absolute atomic E-state index is 0.116.